The predicted octanol–water partition coefficient (Wildman–Crippen LogP) is 4.46. The summed E-state index contributed by atoms with van der Waals surface area (Å²) in [5.41, 5.74) is 5.94. The number of ether oxygens (including phenoxy) is 2. The van der Waals surface area contributed by atoms with Gasteiger partial charge in [-0.15, -0.1) is 23.1 Å². The molecule has 2 aromatic rings. The van der Waals surface area contributed by atoms with Gasteiger partial charge in [-0.2, -0.15) is 0 Å². The van der Waals surface area contributed by atoms with Crippen LogP contribution in [0.3, 0.4) is 0 Å². The molecule has 2 heterocycles. The number of rotatable bonds is 4. The van der Waals surface area contributed by atoms with E-state index in [1.807, 2.05) is 6.07 Å². The van der Waals surface area contributed by atoms with E-state index in [0.29, 0.717) is 19.8 Å². The van der Waals surface area contributed by atoms with Crippen LogP contribution >= 0.6 is 39.0 Å². The SMILES string of the molecule is NCC(Sc1ccc2c(c1)OCCCO2)c1ccc(Br)s1. The molecule has 1 aromatic heterocycles. The average Bonchev–Trinajstić information content (AvgIpc) is 2.79. The van der Waals surface area contributed by atoms with Crippen LogP contribution in [0.25, 0.3) is 0 Å². The molecule has 1 aliphatic heterocycles. The summed E-state index contributed by atoms with van der Waals surface area (Å²) >= 11 is 7.00. The summed E-state index contributed by atoms with van der Waals surface area (Å²) in [5.74, 6) is 1.67. The zero-order valence-electron chi connectivity index (χ0n) is 11.4. The van der Waals surface area contributed by atoms with Gasteiger partial charge in [0.05, 0.1) is 22.3 Å². The van der Waals surface area contributed by atoms with Crippen LogP contribution in [0.1, 0.15) is 16.5 Å². The van der Waals surface area contributed by atoms with Crippen molar-refractivity contribution in [1.82, 2.24) is 0 Å². The van der Waals surface area contributed by atoms with Crippen molar-refractivity contribution in [3.63, 3.8) is 0 Å². The van der Waals surface area contributed by atoms with E-state index in [4.69, 9.17) is 15.2 Å². The van der Waals surface area contributed by atoms with Gasteiger partial charge in [0.1, 0.15) is 0 Å². The van der Waals surface area contributed by atoms with Crippen molar-refractivity contribution in [3.8, 4) is 11.5 Å². The van der Waals surface area contributed by atoms with Crippen LogP contribution < -0.4 is 15.2 Å². The second-order valence-electron chi connectivity index (χ2n) is 4.64. The minimum atomic E-state index is 0.256. The molecule has 112 valence electrons. The second-order valence-corrected chi connectivity index (χ2v) is 8.41. The van der Waals surface area contributed by atoms with Gasteiger partial charge in [-0.05, 0) is 46.3 Å². The molecule has 0 amide bonds. The predicted molar refractivity (Wildman–Crippen MR) is 91.7 cm³/mol. The van der Waals surface area contributed by atoms with Gasteiger partial charge in [0.25, 0.3) is 0 Å². The van der Waals surface area contributed by atoms with E-state index in [1.165, 1.54) is 4.88 Å². The number of nitrogens with two attached hydrogens (primary N) is 1. The first-order chi connectivity index (χ1) is 10.3. The highest BCUT2D eigenvalue weighted by atomic mass is 79.9. The molecule has 0 fully saturated rings. The Morgan fingerprint density at radius 2 is 2.00 bits per heavy atom. The van der Waals surface area contributed by atoms with Crippen molar-refractivity contribution >= 4 is 39.0 Å². The van der Waals surface area contributed by atoms with Crippen molar-refractivity contribution in [2.75, 3.05) is 19.8 Å². The highest BCUT2D eigenvalue weighted by Crippen LogP contribution is 2.41. The van der Waals surface area contributed by atoms with E-state index in [-0.39, 0.29) is 5.25 Å². The van der Waals surface area contributed by atoms with Gasteiger partial charge in [-0.3, -0.25) is 0 Å². The number of fused-ring (bicyclic) bond motifs is 1. The fourth-order valence-corrected chi connectivity index (χ4v) is 4.75. The lowest BCUT2D eigenvalue weighted by Gasteiger charge is -2.14. The van der Waals surface area contributed by atoms with Gasteiger partial charge in [0, 0.05) is 22.7 Å². The summed E-state index contributed by atoms with van der Waals surface area (Å²) in [6, 6.07) is 10.3. The molecule has 3 rings (SSSR count). The second kappa shape index (κ2) is 7.05. The molecular weight excluding hydrogens is 370 g/mol. The van der Waals surface area contributed by atoms with E-state index in [9.17, 15) is 0 Å². The molecule has 21 heavy (non-hydrogen) atoms. The van der Waals surface area contributed by atoms with Gasteiger partial charge in [0.15, 0.2) is 11.5 Å². The summed E-state index contributed by atoms with van der Waals surface area (Å²) in [6.45, 7) is 2.03. The molecule has 1 unspecified atom stereocenters. The zero-order chi connectivity index (χ0) is 14.7. The zero-order valence-corrected chi connectivity index (χ0v) is 14.6. The van der Waals surface area contributed by atoms with Crippen molar-refractivity contribution in [1.29, 1.82) is 0 Å². The van der Waals surface area contributed by atoms with Gasteiger partial charge in [-0.1, -0.05) is 0 Å². The molecular formula is C15H16BrNO2S2. The molecule has 0 bridgehead atoms. The lowest BCUT2D eigenvalue weighted by Crippen LogP contribution is -2.07. The number of thioether (sulfide) groups is 1. The summed E-state index contributed by atoms with van der Waals surface area (Å²) in [5, 5.41) is 0.256. The number of halogens is 1. The van der Waals surface area contributed by atoms with E-state index >= 15 is 0 Å². The molecule has 1 aliphatic rings. The van der Waals surface area contributed by atoms with Crippen molar-refractivity contribution in [2.24, 2.45) is 5.73 Å². The van der Waals surface area contributed by atoms with Crippen LogP contribution in [0.4, 0.5) is 0 Å². The Kier molecular flexibility index (Phi) is 5.11. The number of hydrogen-bond donors (Lipinski definition) is 1. The Labute approximate surface area is 141 Å². The maximum atomic E-state index is 5.94. The third kappa shape index (κ3) is 3.74. The van der Waals surface area contributed by atoms with Gasteiger partial charge in [0.2, 0.25) is 0 Å². The molecule has 2 N–H and O–H groups in total. The van der Waals surface area contributed by atoms with E-state index in [0.717, 1.165) is 26.6 Å². The Balaban J connectivity index is 1.79. The van der Waals surface area contributed by atoms with E-state index < -0.39 is 0 Å². The van der Waals surface area contributed by atoms with Crippen molar-refractivity contribution in [3.05, 3.63) is 39.0 Å². The van der Waals surface area contributed by atoms with Crippen molar-refractivity contribution < 1.29 is 9.47 Å². The average molecular weight is 386 g/mol. The van der Waals surface area contributed by atoms with Crippen LogP contribution in [0.5, 0.6) is 11.5 Å². The topological polar surface area (TPSA) is 44.5 Å². The highest BCUT2D eigenvalue weighted by Gasteiger charge is 2.16. The lowest BCUT2D eigenvalue weighted by atomic mass is 10.3. The molecule has 0 spiro atoms. The number of benzene rings is 1. The molecule has 1 atom stereocenters. The Bertz CT molecular complexity index is 617. The van der Waals surface area contributed by atoms with Crippen LogP contribution in [0.15, 0.2) is 39.0 Å². The van der Waals surface area contributed by atoms with Gasteiger partial charge < -0.3 is 15.2 Å². The minimum Gasteiger partial charge on any atom is -0.490 e. The molecule has 0 radical (unpaired) electrons. The quantitative estimate of drug-likeness (QED) is 0.788. The Morgan fingerprint density at radius 1 is 1.19 bits per heavy atom. The summed E-state index contributed by atoms with van der Waals surface area (Å²) in [4.78, 5) is 2.43. The lowest BCUT2D eigenvalue weighted by molar-refractivity contribution is 0.297. The molecule has 0 saturated carbocycles. The molecule has 3 nitrogen and oxygen atoms in total. The Hall–Kier alpha value is -0.690. The third-order valence-electron chi connectivity index (χ3n) is 3.12. The van der Waals surface area contributed by atoms with Crippen LogP contribution in [-0.2, 0) is 0 Å². The molecule has 6 heteroatoms. The molecule has 0 saturated heterocycles. The summed E-state index contributed by atoms with van der Waals surface area (Å²) < 4.78 is 12.5. The molecule has 1 aromatic carbocycles. The van der Waals surface area contributed by atoms with Crippen LogP contribution in [0.2, 0.25) is 0 Å². The fraction of sp³-hybridized carbons (Fsp3) is 0.333. The maximum absolute atomic E-state index is 5.94. The first-order valence-electron chi connectivity index (χ1n) is 6.78. The highest BCUT2D eigenvalue weighted by molar-refractivity contribution is 9.11. The van der Waals surface area contributed by atoms with E-state index in [2.05, 4.69) is 40.2 Å². The van der Waals surface area contributed by atoms with Crippen LogP contribution in [0, 0.1) is 0 Å². The monoisotopic (exact) mass is 385 g/mol. The summed E-state index contributed by atoms with van der Waals surface area (Å²) in [6.07, 6.45) is 0.922. The minimum absolute atomic E-state index is 0.256. The van der Waals surface area contributed by atoms with Gasteiger partial charge in [-0.25, -0.2) is 0 Å². The van der Waals surface area contributed by atoms with Gasteiger partial charge >= 0.3 is 0 Å². The molecule has 0 aliphatic carbocycles. The standard InChI is InChI=1S/C15H16BrNO2S2/c16-15-5-4-13(21-15)14(9-17)20-10-2-3-11-12(8-10)19-7-1-6-18-11/h2-5,8,14H,1,6-7,9,17H2. The first kappa shape index (κ1) is 15.2. The first-order valence-corrected chi connectivity index (χ1v) is 9.27. The van der Waals surface area contributed by atoms with E-state index in [1.54, 1.807) is 23.1 Å². The van der Waals surface area contributed by atoms with Crippen LogP contribution in [-0.4, -0.2) is 19.8 Å². The summed E-state index contributed by atoms with van der Waals surface area (Å²) in [7, 11) is 0. The largest absolute Gasteiger partial charge is 0.490 e. The number of thiophene rings is 1. The Morgan fingerprint density at radius 3 is 2.71 bits per heavy atom. The third-order valence-corrected chi connectivity index (χ3v) is 6.27. The number of hydrogen-bond acceptors (Lipinski definition) is 5. The fourth-order valence-electron chi connectivity index (χ4n) is 2.10. The smallest absolute Gasteiger partial charge is 0.162 e. The maximum Gasteiger partial charge on any atom is 0.162 e. The normalized spacial score (nSPS) is 15.5. The van der Waals surface area contributed by atoms with Crippen molar-refractivity contribution in [2.45, 2.75) is 16.6 Å².